The SMILES string of the molecule is CC1=C(C(=O)c2cccc(Cl)c2)C(c2cccc(O)c2)NC(=S)N1. The van der Waals surface area contributed by atoms with Gasteiger partial charge in [-0.05, 0) is 49.0 Å². The van der Waals surface area contributed by atoms with E-state index in [2.05, 4.69) is 10.6 Å². The van der Waals surface area contributed by atoms with E-state index >= 15 is 0 Å². The van der Waals surface area contributed by atoms with Crippen LogP contribution in [0.15, 0.2) is 59.8 Å². The van der Waals surface area contributed by atoms with Gasteiger partial charge in [0.1, 0.15) is 5.75 Å². The van der Waals surface area contributed by atoms with E-state index in [4.69, 9.17) is 23.8 Å². The second-order valence-corrected chi connectivity index (χ2v) is 6.35. The predicted octanol–water partition coefficient (Wildman–Crippen LogP) is 3.72. The van der Waals surface area contributed by atoms with Gasteiger partial charge in [-0.25, -0.2) is 0 Å². The quantitative estimate of drug-likeness (QED) is 0.576. The molecule has 2 aromatic rings. The molecule has 2 aromatic carbocycles. The second-order valence-electron chi connectivity index (χ2n) is 5.50. The van der Waals surface area contributed by atoms with E-state index in [1.807, 2.05) is 6.07 Å². The molecule has 1 heterocycles. The van der Waals surface area contributed by atoms with Gasteiger partial charge < -0.3 is 15.7 Å². The number of carbonyl (C=O) groups is 1. The Morgan fingerprint density at radius 2 is 1.96 bits per heavy atom. The number of aromatic hydroxyl groups is 1. The first-order valence-corrected chi connectivity index (χ1v) is 8.12. The van der Waals surface area contributed by atoms with E-state index < -0.39 is 6.04 Å². The van der Waals surface area contributed by atoms with Crippen molar-refractivity contribution in [3.05, 3.63) is 76.0 Å². The highest BCUT2D eigenvalue weighted by Crippen LogP contribution is 2.31. The molecule has 0 spiro atoms. The molecule has 3 N–H and O–H groups in total. The third-order valence-corrected chi connectivity index (χ3v) is 4.26. The van der Waals surface area contributed by atoms with Gasteiger partial charge in [-0.1, -0.05) is 35.9 Å². The van der Waals surface area contributed by atoms with E-state index in [9.17, 15) is 9.90 Å². The number of Topliss-reactive ketones (excluding diaryl/α,β-unsaturated/α-hetero) is 1. The standard InChI is InChI=1S/C18H15ClN2O2S/c1-10-15(17(23)12-5-2-6-13(19)8-12)16(21-18(24)20-10)11-4-3-7-14(22)9-11/h2-9,16,22H,1H3,(H2,20,21,24). The van der Waals surface area contributed by atoms with E-state index in [0.717, 1.165) is 5.56 Å². The van der Waals surface area contributed by atoms with Gasteiger partial charge in [-0.3, -0.25) is 4.79 Å². The number of benzene rings is 2. The highest BCUT2D eigenvalue weighted by Gasteiger charge is 2.30. The summed E-state index contributed by atoms with van der Waals surface area (Å²) in [5.41, 5.74) is 2.47. The van der Waals surface area contributed by atoms with Gasteiger partial charge in [0.25, 0.3) is 0 Å². The zero-order valence-electron chi connectivity index (χ0n) is 12.8. The van der Waals surface area contributed by atoms with E-state index in [0.29, 0.717) is 27.0 Å². The van der Waals surface area contributed by atoms with Gasteiger partial charge in [-0.15, -0.1) is 0 Å². The molecule has 1 atom stereocenters. The largest absolute Gasteiger partial charge is 0.508 e. The topological polar surface area (TPSA) is 61.4 Å². The second kappa shape index (κ2) is 6.63. The van der Waals surface area contributed by atoms with Crippen LogP contribution in [-0.4, -0.2) is 16.0 Å². The van der Waals surface area contributed by atoms with Crippen LogP contribution < -0.4 is 10.6 Å². The number of hydrogen-bond acceptors (Lipinski definition) is 3. The number of carbonyl (C=O) groups excluding carboxylic acids is 1. The number of nitrogens with one attached hydrogen (secondary N) is 2. The molecule has 0 aromatic heterocycles. The zero-order valence-corrected chi connectivity index (χ0v) is 14.4. The molecule has 1 aliphatic heterocycles. The van der Waals surface area contributed by atoms with Crippen molar-refractivity contribution >= 4 is 34.7 Å². The summed E-state index contributed by atoms with van der Waals surface area (Å²) in [5, 5.41) is 16.8. The van der Waals surface area contributed by atoms with Crippen molar-refractivity contribution in [3.63, 3.8) is 0 Å². The first kappa shape index (κ1) is 16.5. The molecular formula is C18H15ClN2O2S. The summed E-state index contributed by atoms with van der Waals surface area (Å²) < 4.78 is 0. The number of ketones is 1. The third-order valence-electron chi connectivity index (χ3n) is 3.80. The summed E-state index contributed by atoms with van der Waals surface area (Å²) in [4.78, 5) is 13.0. The lowest BCUT2D eigenvalue weighted by Gasteiger charge is -2.30. The molecule has 1 unspecified atom stereocenters. The molecule has 4 nitrogen and oxygen atoms in total. The smallest absolute Gasteiger partial charge is 0.193 e. The minimum atomic E-state index is -0.447. The maximum Gasteiger partial charge on any atom is 0.193 e. The fourth-order valence-electron chi connectivity index (χ4n) is 2.73. The van der Waals surface area contributed by atoms with Gasteiger partial charge in [0.2, 0.25) is 0 Å². The van der Waals surface area contributed by atoms with Crippen LogP contribution >= 0.6 is 23.8 Å². The number of phenolic OH excluding ortho intramolecular Hbond substituents is 1. The van der Waals surface area contributed by atoms with Crippen LogP contribution in [0.25, 0.3) is 0 Å². The Morgan fingerprint density at radius 3 is 2.67 bits per heavy atom. The fourth-order valence-corrected chi connectivity index (χ4v) is 3.20. The number of allylic oxidation sites excluding steroid dienone is 1. The summed E-state index contributed by atoms with van der Waals surface area (Å²) in [6.45, 7) is 1.81. The van der Waals surface area contributed by atoms with Crippen molar-refractivity contribution in [2.45, 2.75) is 13.0 Å². The van der Waals surface area contributed by atoms with Crippen molar-refractivity contribution in [3.8, 4) is 5.75 Å². The van der Waals surface area contributed by atoms with Crippen LogP contribution in [0.1, 0.15) is 28.9 Å². The van der Waals surface area contributed by atoms with E-state index in [-0.39, 0.29) is 11.5 Å². The minimum Gasteiger partial charge on any atom is -0.508 e. The Kier molecular flexibility index (Phi) is 4.55. The van der Waals surface area contributed by atoms with Crippen LogP contribution in [0.3, 0.4) is 0 Å². The van der Waals surface area contributed by atoms with Gasteiger partial charge in [0.05, 0.1) is 6.04 Å². The average Bonchev–Trinajstić information content (AvgIpc) is 2.53. The molecule has 0 radical (unpaired) electrons. The van der Waals surface area contributed by atoms with Crippen molar-refractivity contribution < 1.29 is 9.90 Å². The number of rotatable bonds is 3. The normalized spacial score (nSPS) is 17.2. The molecule has 6 heteroatoms. The average molecular weight is 359 g/mol. The lowest BCUT2D eigenvalue weighted by molar-refractivity contribution is 0.102. The summed E-state index contributed by atoms with van der Waals surface area (Å²) >= 11 is 11.2. The van der Waals surface area contributed by atoms with Crippen molar-refractivity contribution in [2.24, 2.45) is 0 Å². The molecule has 0 fully saturated rings. The van der Waals surface area contributed by atoms with Crippen molar-refractivity contribution in [1.29, 1.82) is 0 Å². The van der Waals surface area contributed by atoms with Crippen LogP contribution in [0, 0.1) is 0 Å². The Hall–Kier alpha value is -2.37. The maximum absolute atomic E-state index is 13.0. The van der Waals surface area contributed by atoms with Crippen molar-refractivity contribution in [1.82, 2.24) is 10.6 Å². The van der Waals surface area contributed by atoms with Crippen LogP contribution in [0.5, 0.6) is 5.75 Å². The van der Waals surface area contributed by atoms with Crippen molar-refractivity contribution in [2.75, 3.05) is 0 Å². The first-order valence-electron chi connectivity index (χ1n) is 7.33. The number of halogens is 1. The molecule has 0 bridgehead atoms. The van der Waals surface area contributed by atoms with Gasteiger partial charge >= 0.3 is 0 Å². The molecule has 122 valence electrons. The molecule has 3 rings (SSSR count). The Balaban J connectivity index is 2.08. The third kappa shape index (κ3) is 3.27. The van der Waals surface area contributed by atoms with E-state index in [1.165, 1.54) is 0 Å². The summed E-state index contributed by atoms with van der Waals surface area (Å²) in [6, 6.07) is 13.1. The Labute approximate surface area is 150 Å². The molecular weight excluding hydrogens is 344 g/mol. The lowest BCUT2D eigenvalue weighted by atomic mass is 9.89. The number of phenols is 1. The summed E-state index contributed by atoms with van der Waals surface area (Å²) in [5.74, 6) is -0.0169. The zero-order chi connectivity index (χ0) is 17.3. The molecule has 0 aliphatic carbocycles. The summed E-state index contributed by atoms with van der Waals surface area (Å²) in [6.07, 6.45) is 0. The Bertz CT molecular complexity index is 864. The van der Waals surface area contributed by atoms with Crippen LogP contribution in [0.2, 0.25) is 5.02 Å². The Morgan fingerprint density at radius 1 is 1.21 bits per heavy atom. The highest BCUT2D eigenvalue weighted by atomic mass is 35.5. The van der Waals surface area contributed by atoms with Gasteiger partial charge in [0.15, 0.2) is 10.9 Å². The molecule has 1 aliphatic rings. The summed E-state index contributed by atoms with van der Waals surface area (Å²) in [7, 11) is 0. The van der Waals surface area contributed by atoms with Crippen LogP contribution in [0.4, 0.5) is 0 Å². The maximum atomic E-state index is 13.0. The van der Waals surface area contributed by atoms with E-state index in [1.54, 1.807) is 49.4 Å². The molecule has 0 saturated heterocycles. The molecule has 0 saturated carbocycles. The first-order chi connectivity index (χ1) is 11.5. The lowest BCUT2D eigenvalue weighted by Crippen LogP contribution is -2.44. The fraction of sp³-hybridized carbons (Fsp3) is 0.111. The molecule has 0 amide bonds. The number of hydrogen-bond donors (Lipinski definition) is 3. The van der Waals surface area contributed by atoms with Gasteiger partial charge in [-0.2, -0.15) is 0 Å². The minimum absolute atomic E-state index is 0.131. The molecule has 24 heavy (non-hydrogen) atoms. The highest BCUT2D eigenvalue weighted by molar-refractivity contribution is 7.80. The van der Waals surface area contributed by atoms with Crippen LogP contribution in [-0.2, 0) is 0 Å². The number of thiocarbonyl (C=S) groups is 1. The van der Waals surface area contributed by atoms with Gasteiger partial charge in [0, 0.05) is 21.9 Å². The predicted molar refractivity (Wildman–Crippen MR) is 98.2 cm³/mol. The monoisotopic (exact) mass is 358 g/mol.